The van der Waals surface area contributed by atoms with Crippen LogP contribution in [-0.4, -0.2) is 15.2 Å². The summed E-state index contributed by atoms with van der Waals surface area (Å²) in [7, 11) is 0. The third-order valence-electron chi connectivity index (χ3n) is 3.61. The summed E-state index contributed by atoms with van der Waals surface area (Å²) >= 11 is 12.3. The molecule has 1 aliphatic rings. The Hall–Kier alpha value is -2.22. The van der Waals surface area contributed by atoms with Gasteiger partial charge in [-0.15, -0.1) is 0 Å². The summed E-state index contributed by atoms with van der Waals surface area (Å²) in [4.78, 5) is 25.1. The number of nitrogens with zero attached hydrogens (tertiary/aromatic N) is 2. The van der Waals surface area contributed by atoms with Gasteiger partial charge in [0.05, 0.1) is 15.5 Å². The van der Waals surface area contributed by atoms with Crippen LogP contribution in [0.25, 0.3) is 6.08 Å². The van der Waals surface area contributed by atoms with E-state index in [9.17, 15) is 14.9 Å². The van der Waals surface area contributed by atoms with Crippen LogP contribution in [0.3, 0.4) is 0 Å². The van der Waals surface area contributed by atoms with Crippen LogP contribution in [0.2, 0.25) is 5.02 Å². The number of nitro groups is 1. The lowest BCUT2D eigenvalue weighted by molar-refractivity contribution is -0.385. The van der Waals surface area contributed by atoms with Crippen molar-refractivity contribution in [3.8, 4) is 0 Å². The number of thiocarbonyl (C=S) groups is 1. The molecule has 0 N–H and O–H groups in total. The number of rotatable bonds is 3. The normalized spacial score (nSPS) is 15.9. The number of hydrogen-bond donors (Lipinski definition) is 0. The molecule has 126 valence electrons. The lowest BCUT2D eigenvalue weighted by atomic mass is 10.1. The highest BCUT2D eigenvalue weighted by Gasteiger charge is 2.33. The molecule has 2 aromatic carbocycles. The van der Waals surface area contributed by atoms with Gasteiger partial charge in [0.1, 0.15) is 0 Å². The number of anilines is 1. The number of halogens is 1. The van der Waals surface area contributed by atoms with Gasteiger partial charge in [-0.05, 0) is 42.8 Å². The van der Waals surface area contributed by atoms with E-state index in [-0.39, 0.29) is 11.6 Å². The Balaban J connectivity index is 1.94. The molecule has 1 aliphatic heterocycles. The van der Waals surface area contributed by atoms with E-state index in [4.69, 9.17) is 23.8 Å². The Morgan fingerprint density at radius 3 is 2.56 bits per heavy atom. The molecule has 0 unspecified atom stereocenters. The molecule has 0 spiro atoms. The predicted octanol–water partition coefficient (Wildman–Crippen LogP) is 4.96. The van der Waals surface area contributed by atoms with Gasteiger partial charge in [0, 0.05) is 16.7 Å². The van der Waals surface area contributed by atoms with Crippen molar-refractivity contribution in [1.82, 2.24) is 0 Å². The SMILES string of the molecule is Cc1ccc(/C=C2/SC(=S)N(c3ccc(Cl)cc3)C2=O)cc1[N+](=O)[O-]. The molecule has 2 aromatic rings. The number of hydrogen-bond acceptors (Lipinski definition) is 5. The molecule has 25 heavy (non-hydrogen) atoms. The predicted molar refractivity (Wildman–Crippen MR) is 105 cm³/mol. The minimum absolute atomic E-state index is 0.0157. The van der Waals surface area contributed by atoms with Gasteiger partial charge in [0.15, 0.2) is 4.32 Å². The first-order valence-corrected chi connectivity index (χ1v) is 8.75. The quantitative estimate of drug-likeness (QED) is 0.320. The third kappa shape index (κ3) is 3.58. The number of carbonyl (C=O) groups excluding carboxylic acids is 1. The first-order chi connectivity index (χ1) is 11.9. The number of amides is 1. The maximum Gasteiger partial charge on any atom is 0.272 e. The number of nitro benzene ring substituents is 1. The van der Waals surface area contributed by atoms with E-state index in [0.717, 1.165) is 11.8 Å². The maximum absolute atomic E-state index is 12.7. The Morgan fingerprint density at radius 2 is 1.92 bits per heavy atom. The highest BCUT2D eigenvalue weighted by atomic mass is 35.5. The van der Waals surface area contributed by atoms with E-state index in [0.29, 0.717) is 31.1 Å². The Morgan fingerprint density at radius 1 is 1.24 bits per heavy atom. The fourth-order valence-corrected chi connectivity index (χ4v) is 3.77. The van der Waals surface area contributed by atoms with Crippen LogP contribution in [0, 0.1) is 17.0 Å². The molecule has 0 aliphatic carbocycles. The van der Waals surface area contributed by atoms with E-state index >= 15 is 0 Å². The van der Waals surface area contributed by atoms with Crippen molar-refractivity contribution in [3.05, 3.63) is 73.6 Å². The summed E-state index contributed by atoms with van der Waals surface area (Å²) in [6.45, 7) is 1.67. The van der Waals surface area contributed by atoms with Gasteiger partial charge < -0.3 is 0 Å². The number of thioether (sulfide) groups is 1. The number of carbonyl (C=O) groups is 1. The standard InChI is InChI=1S/C17H11ClN2O3S2/c1-10-2-3-11(8-14(10)20(22)23)9-15-16(21)19(17(24)25-15)13-6-4-12(18)5-7-13/h2-9H,1H3/b15-9+. The number of aryl methyl sites for hydroxylation is 1. The molecular weight excluding hydrogens is 380 g/mol. The first-order valence-electron chi connectivity index (χ1n) is 7.15. The molecule has 0 aromatic heterocycles. The van der Waals surface area contributed by atoms with Crippen molar-refractivity contribution in [3.63, 3.8) is 0 Å². The van der Waals surface area contributed by atoms with Crippen molar-refractivity contribution in [1.29, 1.82) is 0 Å². The summed E-state index contributed by atoms with van der Waals surface area (Å²) < 4.78 is 0.403. The zero-order chi connectivity index (χ0) is 18.1. The summed E-state index contributed by atoms with van der Waals surface area (Å²) in [6.07, 6.45) is 1.61. The van der Waals surface area contributed by atoms with Gasteiger partial charge in [0.25, 0.3) is 11.6 Å². The van der Waals surface area contributed by atoms with Crippen LogP contribution >= 0.6 is 35.6 Å². The van der Waals surface area contributed by atoms with Crippen LogP contribution in [0.15, 0.2) is 47.4 Å². The zero-order valence-electron chi connectivity index (χ0n) is 12.9. The lowest BCUT2D eigenvalue weighted by Crippen LogP contribution is -2.27. The van der Waals surface area contributed by atoms with Gasteiger partial charge in [-0.3, -0.25) is 19.8 Å². The highest BCUT2D eigenvalue weighted by Crippen LogP contribution is 2.36. The summed E-state index contributed by atoms with van der Waals surface area (Å²) in [5.74, 6) is -0.263. The molecule has 1 fully saturated rings. The zero-order valence-corrected chi connectivity index (χ0v) is 15.3. The second-order valence-electron chi connectivity index (χ2n) is 5.30. The smallest absolute Gasteiger partial charge is 0.268 e. The molecule has 1 heterocycles. The van der Waals surface area contributed by atoms with Crippen LogP contribution < -0.4 is 4.90 Å². The fourth-order valence-electron chi connectivity index (χ4n) is 2.34. The Bertz CT molecular complexity index is 926. The molecule has 0 radical (unpaired) electrons. The van der Waals surface area contributed by atoms with Crippen molar-refractivity contribution in [2.75, 3.05) is 4.90 Å². The maximum atomic E-state index is 12.7. The van der Waals surface area contributed by atoms with Crippen molar-refractivity contribution < 1.29 is 9.72 Å². The summed E-state index contributed by atoms with van der Waals surface area (Å²) in [5, 5.41) is 11.6. The van der Waals surface area contributed by atoms with Crippen LogP contribution in [-0.2, 0) is 4.79 Å². The second kappa shape index (κ2) is 6.95. The van der Waals surface area contributed by atoms with Crippen molar-refractivity contribution >= 4 is 63.3 Å². The van der Waals surface area contributed by atoms with Gasteiger partial charge in [-0.2, -0.15) is 0 Å². The molecular formula is C17H11ClN2O3S2. The molecule has 3 rings (SSSR count). The van der Waals surface area contributed by atoms with E-state index in [1.165, 1.54) is 11.0 Å². The van der Waals surface area contributed by atoms with Gasteiger partial charge >= 0.3 is 0 Å². The molecule has 0 saturated carbocycles. The minimum atomic E-state index is -0.439. The average Bonchev–Trinajstić information content (AvgIpc) is 2.84. The monoisotopic (exact) mass is 390 g/mol. The molecule has 1 saturated heterocycles. The van der Waals surface area contributed by atoms with Crippen LogP contribution in [0.1, 0.15) is 11.1 Å². The topological polar surface area (TPSA) is 63.5 Å². The lowest BCUT2D eigenvalue weighted by Gasteiger charge is -2.14. The molecule has 1 amide bonds. The molecule has 0 bridgehead atoms. The van der Waals surface area contributed by atoms with E-state index in [2.05, 4.69) is 0 Å². The van der Waals surface area contributed by atoms with Crippen LogP contribution in [0.4, 0.5) is 11.4 Å². The highest BCUT2D eigenvalue weighted by molar-refractivity contribution is 8.27. The minimum Gasteiger partial charge on any atom is -0.268 e. The third-order valence-corrected chi connectivity index (χ3v) is 5.16. The van der Waals surface area contributed by atoms with Crippen molar-refractivity contribution in [2.45, 2.75) is 6.92 Å². The summed E-state index contributed by atoms with van der Waals surface area (Å²) in [6, 6.07) is 11.6. The largest absolute Gasteiger partial charge is 0.272 e. The van der Waals surface area contributed by atoms with E-state index in [1.54, 1.807) is 49.4 Å². The van der Waals surface area contributed by atoms with Gasteiger partial charge in [-0.25, -0.2) is 0 Å². The average molecular weight is 391 g/mol. The van der Waals surface area contributed by atoms with Crippen LogP contribution in [0.5, 0.6) is 0 Å². The first kappa shape index (κ1) is 17.6. The molecule has 8 heteroatoms. The number of benzene rings is 2. The Labute approximate surface area is 158 Å². The molecule has 0 atom stereocenters. The summed E-state index contributed by atoms with van der Waals surface area (Å²) in [5.41, 5.74) is 1.79. The van der Waals surface area contributed by atoms with E-state index < -0.39 is 4.92 Å². The Kier molecular flexibility index (Phi) is 4.89. The molecule has 5 nitrogen and oxygen atoms in total. The second-order valence-corrected chi connectivity index (χ2v) is 7.41. The van der Waals surface area contributed by atoms with Gasteiger partial charge in [-0.1, -0.05) is 47.7 Å². The van der Waals surface area contributed by atoms with Crippen molar-refractivity contribution in [2.24, 2.45) is 0 Å². The van der Waals surface area contributed by atoms with Gasteiger partial charge in [0.2, 0.25) is 0 Å². The fraction of sp³-hybridized carbons (Fsp3) is 0.0588. The van der Waals surface area contributed by atoms with E-state index in [1.807, 2.05) is 0 Å².